The van der Waals surface area contributed by atoms with Gasteiger partial charge in [-0.15, -0.1) is 0 Å². The highest BCUT2D eigenvalue weighted by molar-refractivity contribution is 5.76. The SMILES string of the molecule is COC[C@H]1CN(C)CCN(C(=O)CCc2ccc(F)cc2)C1. The Morgan fingerprint density at radius 1 is 1.27 bits per heavy atom. The van der Waals surface area contributed by atoms with Crippen molar-refractivity contribution in [1.29, 1.82) is 0 Å². The van der Waals surface area contributed by atoms with Crippen LogP contribution in [0.2, 0.25) is 0 Å². The minimum absolute atomic E-state index is 0.167. The number of nitrogens with zero attached hydrogens (tertiary/aromatic N) is 2. The van der Waals surface area contributed by atoms with Crippen molar-refractivity contribution in [1.82, 2.24) is 9.80 Å². The van der Waals surface area contributed by atoms with E-state index in [2.05, 4.69) is 11.9 Å². The van der Waals surface area contributed by atoms with Crippen LogP contribution in [0.15, 0.2) is 24.3 Å². The Morgan fingerprint density at radius 3 is 2.68 bits per heavy atom. The van der Waals surface area contributed by atoms with Gasteiger partial charge < -0.3 is 14.5 Å². The van der Waals surface area contributed by atoms with Crippen LogP contribution in [-0.2, 0) is 16.0 Å². The summed E-state index contributed by atoms with van der Waals surface area (Å²) in [6.45, 7) is 4.03. The molecule has 1 atom stereocenters. The Kier molecular flexibility index (Phi) is 6.34. The van der Waals surface area contributed by atoms with Gasteiger partial charge in [0.2, 0.25) is 5.91 Å². The first kappa shape index (κ1) is 16.9. The standard InChI is InChI=1S/C17H25FN2O2/c1-19-9-10-20(12-15(11-19)13-22-2)17(21)8-5-14-3-6-16(18)7-4-14/h3-4,6-7,15H,5,8-13H2,1-2H3/t15-/m0/s1. The van der Waals surface area contributed by atoms with Gasteiger partial charge in [0.05, 0.1) is 6.61 Å². The lowest BCUT2D eigenvalue weighted by Crippen LogP contribution is -2.37. The highest BCUT2D eigenvalue weighted by Gasteiger charge is 2.23. The second-order valence-electron chi connectivity index (χ2n) is 6.05. The molecule has 0 saturated carbocycles. The highest BCUT2D eigenvalue weighted by atomic mass is 19.1. The van der Waals surface area contributed by atoms with Crippen LogP contribution in [0.3, 0.4) is 0 Å². The molecule has 22 heavy (non-hydrogen) atoms. The molecule has 2 rings (SSSR count). The van der Waals surface area contributed by atoms with E-state index in [1.54, 1.807) is 19.2 Å². The van der Waals surface area contributed by atoms with E-state index in [1.165, 1.54) is 12.1 Å². The zero-order valence-electron chi connectivity index (χ0n) is 13.4. The van der Waals surface area contributed by atoms with Gasteiger partial charge in [0, 0.05) is 45.6 Å². The quantitative estimate of drug-likeness (QED) is 0.831. The van der Waals surface area contributed by atoms with E-state index in [9.17, 15) is 9.18 Å². The molecule has 0 unspecified atom stereocenters. The van der Waals surface area contributed by atoms with Gasteiger partial charge in [0.25, 0.3) is 0 Å². The van der Waals surface area contributed by atoms with Crippen LogP contribution in [0.5, 0.6) is 0 Å². The first-order chi connectivity index (χ1) is 10.6. The molecule has 1 amide bonds. The minimum atomic E-state index is -0.243. The van der Waals surface area contributed by atoms with E-state index in [0.29, 0.717) is 25.4 Å². The van der Waals surface area contributed by atoms with Crippen LogP contribution < -0.4 is 0 Å². The lowest BCUT2D eigenvalue weighted by Gasteiger charge is -2.23. The average Bonchev–Trinajstić information content (AvgIpc) is 2.68. The number of ether oxygens (including phenoxy) is 1. The smallest absolute Gasteiger partial charge is 0.222 e. The van der Waals surface area contributed by atoms with E-state index >= 15 is 0 Å². The predicted octanol–water partition coefficient (Wildman–Crippen LogP) is 1.79. The van der Waals surface area contributed by atoms with E-state index < -0.39 is 0 Å². The lowest BCUT2D eigenvalue weighted by molar-refractivity contribution is -0.131. The second-order valence-corrected chi connectivity index (χ2v) is 6.05. The Bertz CT molecular complexity index is 478. The van der Waals surface area contributed by atoms with Gasteiger partial charge >= 0.3 is 0 Å². The summed E-state index contributed by atoms with van der Waals surface area (Å²) >= 11 is 0. The summed E-state index contributed by atoms with van der Waals surface area (Å²) in [5, 5.41) is 0. The highest BCUT2D eigenvalue weighted by Crippen LogP contribution is 2.12. The fourth-order valence-electron chi connectivity index (χ4n) is 2.91. The van der Waals surface area contributed by atoms with Gasteiger partial charge in [-0.25, -0.2) is 4.39 Å². The maximum absolute atomic E-state index is 12.9. The molecule has 1 aliphatic rings. The van der Waals surface area contributed by atoms with Crippen LogP contribution in [0, 0.1) is 11.7 Å². The van der Waals surface area contributed by atoms with Crippen molar-refractivity contribution in [2.45, 2.75) is 12.8 Å². The van der Waals surface area contributed by atoms with Crippen LogP contribution in [0.25, 0.3) is 0 Å². The summed E-state index contributed by atoms with van der Waals surface area (Å²) in [5.74, 6) is 0.279. The number of aryl methyl sites for hydroxylation is 1. The Morgan fingerprint density at radius 2 is 2.00 bits per heavy atom. The molecular formula is C17H25FN2O2. The lowest BCUT2D eigenvalue weighted by atomic mass is 10.1. The van der Waals surface area contributed by atoms with Crippen molar-refractivity contribution in [3.63, 3.8) is 0 Å². The van der Waals surface area contributed by atoms with Crippen molar-refractivity contribution < 1.29 is 13.9 Å². The van der Waals surface area contributed by atoms with Crippen molar-refractivity contribution >= 4 is 5.91 Å². The molecule has 122 valence electrons. The molecule has 1 aliphatic heterocycles. The van der Waals surface area contributed by atoms with Crippen molar-refractivity contribution in [2.75, 3.05) is 46.9 Å². The average molecular weight is 308 g/mol. The molecule has 1 aromatic rings. The number of amides is 1. The summed E-state index contributed by atoms with van der Waals surface area (Å²) in [6.07, 6.45) is 1.12. The Balaban J connectivity index is 1.88. The number of benzene rings is 1. The number of carbonyl (C=O) groups is 1. The van der Waals surface area contributed by atoms with Crippen LogP contribution in [0.1, 0.15) is 12.0 Å². The maximum Gasteiger partial charge on any atom is 0.222 e. The van der Waals surface area contributed by atoms with Gasteiger partial charge in [-0.2, -0.15) is 0 Å². The second kappa shape index (κ2) is 8.25. The molecule has 0 N–H and O–H groups in total. The van der Waals surface area contributed by atoms with Gasteiger partial charge in [-0.1, -0.05) is 12.1 Å². The third-order valence-electron chi connectivity index (χ3n) is 4.10. The van der Waals surface area contributed by atoms with Crippen LogP contribution in [-0.4, -0.2) is 62.7 Å². The summed E-state index contributed by atoms with van der Waals surface area (Å²) in [4.78, 5) is 16.6. The molecule has 1 fully saturated rings. The van der Waals surface area contributed by atoms with E-state index in [1.807, 2.05) is 4.90 Å². The predicted molar refractivity (Wildman–Crippen MR) is 84.2 cm³/mol. The number of halogens is 1. The molecule has 0 aromatic heterocycles. The van der Waals surface area contributed by atoms with Gasteiger partial charge in [0.1, 0.15) is 5.82 Å². The first-order valence-electron chi connectivity index (χ1n) is 7.78. The Hall–Kier alpha value is -1.46. The van der Waals surface area contributed by atoms with E-state index in [4.69, 9.17) is 4.74 Å². The van der Waals surface area contributed by atoms with Crippen LogP contribution >= 0.6 is 0 Å². The first-order valence-corrected chi connectivity index (χ1v) is 7.78. The van der Waals surface area contributed by atoms with Crippen molar-refractivity contribution in [3.05, 3.63) is 35.6 Å². The van der Waals surface area contributed by atoms with Crippen molar-refractivity contribution in [3.8, 4) is 0 Å². The molecule has 4 nitrogen and oxygen atoms in total. The molecule has 5 heteroatoms. The zero-order chi connectivity index (χ0) is 15.9. The van der Waals surface area contributed by atoms with Gasteiger partial charge in [-0.05, 0) is 31.2 Å². The fraction of sp³-hybridized carbons (Fsp3) is 0.588. The molecule has 1 saturated heterocycles. The van der Waals surface area contributed by atoms with E-state index in [-0.39, 0.29) is 11.7 Å². The summed E-state index contributed by atoms with van der Waals surface area (Å²) in [5.41, 5.74) is 0.995. The number of hydrogen-bond donors (Lipinski definition) is 0. The van der Waals surface area contributed by atoms with E-state index in [0.717, 1.165) is 31.7 Å². The maximum atomic E-state index is 12.9. The summed E-state index contributed by atoms with van der Waals surface area (Å²) in [6, 6.07) is 6.36. The van der Waals surface area contributed by atoms with Gasteiger partial charge in [0.15, 0.2) is 0 Å². The minimum Gasteiger partial charge on any atom is -0.384 e. The fourth-order valence-corrected chi connectivity index (χ4v) is 2.91. The molecule has 0 bridgehead atoms. The number of hydrogen-bond acceptors (Lipinski definition) is 3. The van der Waals surface area contributed by atoms with Crippen LogP contribution in [0.4, 0.5) is 4.39 Å². The normalized spacial score (nSPS) is 20.0. The summed E-state index contributed by atoms with van der Waals surface area (Å²) in [7, 11) is 3.78. The molecule has 1 heterocycles. The third kappa shape index (κ3) is 5.07. The molecule has 0 aliphatic carbocycles. The largest absolute Gasteiger partial charge is 0.384 e. The molecule has 0 radical (unpaired) electrons. The van der Waals surface area contributed by atoms with Gasteiger partial charge in [-0.3, -0.25) is 4.79 Å². The summed E-state index contributed by atoms with van der Waals surface area (Å²) < 4.78 is 18.1. The zero-order valence-corrected chi connectivity index (χ0v) is 13.4. The number of likely N-dealkylation sites (N-methyl/N-ethyl adjacent to an activating group) is 1. The monoisotopic (exact) mass is 308 g/mol. The molecule has 1 aromatic carbocycles. The Labute approximate surface area is 131 Å². The number of rotatable bonds is 5. The third-order valence-corrected chi connectivity index (χ3v) is 4.10. The number of carbonyl (C=O) groups excluding carboxylic acids is 1. The number of methoxy groups -OCH3 is 1. The molecule has 0 spiro atoms. The van der Waals surface area contributed by atoms with Crippen molar-refractivity contribution in [2.24, 2.45) is 5.92 Å². The topological polar surface area (TPSA) is 32.8 Å². The molecular weight excluding hydrogens is 283 g/mol.